The fourth-order valence-corrected chi connectivity index (χ4v) is 4.99. The van der Waals surface area contributed by atoms with Crippen LogP contribution in [-0.4, -0.2) is 25.6 Å². The summed E-state index contributed by atoms with van der Waals surface area (Å²) in [6.45, 7) is 1.23. The molecule has 3 N–H and O–H groups in total. The van der Waals surface area contributed by atoms with E-state index in [4.69, 9.17) is 17.3 Å². The summed E-state index contributed by atoms with van der Waals surface area (Å²) in [5.74, 6) is -0.562. The number of anilines is 2. The highest BCUT2D eigenvalue weighted by molar-refractivity contribution is 6.34. The lowest BCUT2D eigenvalue weighted by Gasteiger charge is -2.22. The zero-order valence-corrected chi connectivity index (χ0v) is 18.8. The molecule has 0 bridgehead atoms. The zero-order valence-electron chi connectivity index (χ0n) is 18.0. The number of hydrogen-bond donors (Lipinski definition) is 2. The average Bonchev–Trinajstić information content (AvgIpc) is 3.57. The molecule has 9 heteroatoms. The van der Waals surface area contributed by atoms with Crippen molar-refractivity contribution in [2.75, 3.05) is 10.6 Å². The van der Waals surface area contributed by atoms with Crippen LogP contribution in [-0.2, 0) is 13.1 Å². The number of nitrogens with two attached hydrogens (primary N) is 1. The van der Waals surface area contributed by atoms with Gasteiger partial charge in [0.2, 0.25) is 5.43 Å². The van der Waals surface area contributed by atoms with E-state index < -0.39 is 11.4 Å². The van der Waals surface area contributed by atoms with Crippen molar-refractivity contribution >= 4 is 40.0 Å². The highest BCUT2D eigenvalue weighted by Gasteiger charge is 2.29. The summed E-state index contributed by atoms with van der Waals surface area (Å²) in [6, 6.07) is 9.19. The van der Waals surface area contributed by atoms with Crippen LogP contribution in [0.15, 0.2) is 53.7 Å². The largest absolute Gasteiger partial charge is 0.477 e. The molecule has 1 aliphatic carbocycles. The summed E-state index contributed by atoms with van der Waals surface area (Å²) in [5.41, 5.74) is 10.2. The molecule has 34 heavy (non-hydrogen) atoms. The number of rotatable bonds is 4. The third-order valence-electron chi connectivity index (χ3n) is 6.54. The van der Waals surface area contributed by atoms with Crippen LogP contribution in [0.25, 0.3) is 16.6 Å². The van der Waals surface area contributed by atoms with Gasteiger partial charge in [-0.3, -0.25) is 9.78 Å². The number of nitrogens with zero attached hydrogens (tertiary/aromatic N) is 4. The Morgan fingerprint density at radius 3 is 2.71 bits per heavy atom. The second-order valence-electron chi connectivity index (χ2n) is 8.78. The first-order valence-corrected chi connectivity index (χ1v) is 11.3. The molecule has 0 spiro atoms. The van der Waals surface area contributed by atoms with Crippen LogP contribution in [0.5, 0.6) is 0 Å². The number of fused-ring (bicyclic) bond motifs is 2. The molecule has 0 atom stereocenters. The van der Waals surface area contributed by atoms with Gasteiger partial charge in [0.1, 0.15) is 11.4 Å². The second kappa shape index (κ2) is 7.56. The maximum Gasteiger partial charge on any atom is 0.341 e. The number of aromatic carboxylic acids is 1. The molecular formula is C25H20ClN5O3. The number of pyridine rings is 3. The molecule has 4 heterocycles. The predicted octanol–water partition coefficient (Wildman–Crippen LogP) is 4.11. The van der Waals surface area contributed by atoms with Crippen LogP contribution in [0.3, 0.4) is 0 Å². The minimum atomic E-state index is -1.29. The molecule has 4 aromatic rings. The third-order valence-corrected chi connectivity index (χ3v) is 6.84. The molecular weight excluding hydrogens is 454 g/mol. The summed E-state index contributed by atoms with van der Waals surface area (Å²) in [7, 11) is 0. The lowest BCUT2D eigenvalue weighted by Crippen LogP contribution is -2.20. The van der Waals surface area contributed by atoms with Crippen LogP contribution < -0.4 is 16.1 Å². The molecule has 0 radical (unpaired) electrons. The monoisotopic (exact) mass is 473 g/mol. The number of hydrogen-bond acceptors (Lipinski definition) is 6. The molecule has 170 valence electrons. The summed E-state index contributed by atoms with van der Waals surface area (Å²) in [4.78, 5) is 35.8. The number of aromatic nitrogens is 3. The van der Waals surface area contributed by atoms with E-state index in [1.54, 1.807) is 23.0 Å². The lowest BCUT2D eigenvalue weighted by molar-refractivity contribution is 0.0695. The molecule has 2 aliphatic rings. The van der Waals surface area contributed by atoms with Gasteiger partial charge in [0, 0.05) is 24.3 Å². The summed E-state index contributed by atoms with van der Waals surface area (Å²) in [6.07, 6.45) is 6.84. The van der Waals surface area contributed by atoms with Gasteiger partial charge in [0.15, 0.2) is 0 Å². The van der Waals surface area contributed by atoms with Crippen LogP contribution in [0.1, 0.15) is 45.9 Å². The van der Waals surface area contributed by atoms with E-state index in [1.165, 1.54) is 6.20 Å². The normalized spacial score (nSPS) is 15.0. The minimum absolute atomic E-state index is 0.238. The van der Waals surface area contributed by atoms with E-state index in [-0.39, 0.29) is 10.9 Å². The summed E-state index contributed by atoms with van der Waals surface area (Å²) in [5, 5.41) is 10.3. The van der Waals surface area contributed by atoms with Gasteiger partial charge in [-0.15, -0.1) is 0 Å². The van der Waals surface area contributed by atoms with Gasteiger partial charge in [-0.25, -0.2) is 9.78 Å². The molecule has 1 aromatic carbocycles. The first-order valence-electron chi connectivity index (χ1n) is 11.0. The zero-order chi connectivity index (χ0) is 23.6. The van der Waals surface area contributed by atoms with E-state index in [0.717, 1.165) is 35.3 Å². The van der Waals surface area contributed by atoms with Crippen LogP contribution in [0, 0.1) is 0 Å². The lowest BCUT2D eigenvalue weighted by atomic mass is 10.1. The van der Waals surface area contributed by atoms with Crippen molar-refractivity contribution in [2.45, 2.75) is 31.8 Å². The van der Waals surface area contributed by atoms with Gasteiger partial charge in [-0.2, -0.15) is 0 Å². The van der Waals surface area contributed by atoms with E-state index in [2.05, 4.69) is 14.9 Å². The Morgan fingerprint density at radius 2 is 1.97 bits per heavy atom. The summed E-state index contributed by atoms with van der Waals surface area (Å²) < 4.78 is 1.74. The van der Waals surface area contributed by atoms with E-state index in [1.807, 2.05) is 24.3 Å². The Bertz CT molecular complexity index is 1540. The Labute approximate surface area is 199 Å². The maximum atomic E-state index is 13.1. The smallest absolute Gasteiger partial charge is 0.341 e. The first-order chi connectivity index (χ1) is 16.4. The average molecular weight is 474 g/mol. The molecule has 1 aliphatic heterocycles. The van der Waals surface area contributed by atoms with Gasteiger partial charge in [0.05, 0.1) is 40.3 Å². The standard InChI is InChI=1S/C25H20ClN5O3/c26-18-6-16-20(8-21(18)30-10-14-2-1-5-28-19(14)12-30)31(11-17(24(16)32)25(33)34)22-9-29-23(27)7-15(22)13-3-4-13/h1-2,5-9,11,13H,3-4,10,12H2,(H2,27,29)(H,33,34). The molecule has 6 rings (SSSR count). The number of carbonyl (C=O) groups is 1. The molecule has 0 amide bonds. The number of carboxylic acids is 1. The molecule has 3 aromatic heterocycles. The Kier molecular flexibility index (Phi) is 4.60. The molecule has 0 unspecified atom stereocenters. The maximum absolute atomic E-state index is 13.1. The van der Waals surface area contributed by atoms with Gasteiger partial charge in [0.25, 0.3) is 0 Å². The molecule has 1 fully saturated rings. The third kappa shape index (κ3) is 3.30. The fourth-order valence-electron chi connectivity index (χ4n) is 4.70. The summed E-state index contributed by atoms with van der Waals surface area (Å²) >= 11 is 6.65. The Balaban J connectivity index is 1.60. The predicted molar refractivity (Wildman–Crippen MR) is 130 cm³/mol. The van der Waals surface area contributed by atoms with Crippen LogP contribution >= 0.6 is 11.6 Å². The van der Waals surface area contributed by atoms with Gasteiger partial charge >= 0.3 is 5.97 Å². The van der Waals surface area contributed by atoms with Crippen molar-refractivity contribution in [3.63, 3.8) is 0 Å². The quantitative estimate of drug-likeness (QED) is 0.458. The first kappa shape index (κ1) is 20.7. The van der Waals surface area contributed by atoms with E-state index in [0.29, 0.717) is 41.1 Å². The SMILES string of the molecule is Nc1cc(C2CC2)c(-n2cc(C(=O)O)c(=O)c3cc(Cl)c(N4Cc5cccnc5C4)cc32)cn1. The van der Waals surface area contributed by atoms with Crippen molar-refractivity contribution in [2.24, 2.45) is 0 Å². The molecule has 0 saturated heterocycles. The van der Waals surface area contributed by atoms with E-state index in [9.17, 15) is 14.7 Å². The molecule has 8 nitrogen and oxygen atoms in total. The fraction of sp³-hybridized carbons (Fsp3) is 0.200. The van der Waals surface area contributed by atoms with Crippen molar-refractivity contribution in [3.05, 3.63) is 86.6 Å². The van der Waals surface area contributed by atoms with E-state index >= 15 is 0 Å². The van der Waals surface area contributed by atoms with Crippen molar-refractivity contribution < 1.29 is 9.90 Å². The molecule has 1 saturated carbocycles. The topological polar surface area (TPSA) is 114 Å². The number of nitrogen functional groups attached to an aromatic ring is 1. The van der Waals surface area contributed by atoms with Gasteiger partial charge in [-0.1, -0.05) is 17.7 Å². The van der Waals surface area contributed by atoms with Crippen LogP contribution in [0.4, 0.5) is 11.5 Å². The van der Waals surface area contributed by atoms with Crippen molar-refractivity contribution in [1.82, 2.24) is 14.5 Å². The van der Waals surface area contributed by atoms with Crippen molar-refractivity contribution in [3.8, 4) is 5.69 Å². The van der Waals surface area contributed by atoms with Gasteiger partial charge < -0.3 is 20.3 Å². The van der Waals surface area contributed by atoms with Gasteiger partial charge in [-0.05, 0) is 54.2 Å². The number of halogens is 1. The Morgan fingerprint density at radius 1 is 1.15 bits per heavy atom. The Hall–Kier alpha value is -3.91. The highest BCUT2D eigenvalue weighted by atomic mass is 35.5. The number of benzene rings is 1. The number of carboxylic acid groups (broad SMARTS) is 1. The highest BCUT2D eigenvalue weighted by Crippen LogP contribution is 2.44. The van der Waals surface area contributed by atoms with Crippen LogP contribution in [0.2, 0.25) is 5.02 Å². The minimum Gasteiger partial charge on any atom is -0.477 e. The van der Waals surface area contributed by atoms with Crippen molar-refractivity contribution in [1.29, 1.82) is 0 Å². The second-order valence-corrected chi connectivity index (χ2v) is 9.18.